The molecule has 3 rings (SSSR count). The lowest BCUT2D eigenvalue weighted by Crippen LogP contribution is -2.36. The number of hydrogen-bond acceptors (Lipinski definition) is 5. The van der Waals surface area contributed by atoms with Crippen LogP contribution < -0.4 is 5.32 Å². The van der Waals surface area contributed by atoms with Crippen LogP contribution in [0.25, 0.3) is 10.2 Å². The van der Waals surface area contributed by atoms with E-state index in [-0.39, 0.29) is 31.2 Å². The molecule has 1 aromatic heterocycles. The van der Waals surface area contributed by atoms with Gasteiger partial charge in [-0.05, 0) is 18.2 Å². The first-order valence-electron chi connectivity index (χ1n) is 6.22. The second-order valence-corrected chi connectivity index (χ2v) is 6.02. The van der Waals surface area contributed by atoms with Gasteiger partial charge in [-0.1, -0.05) is 22.9 Å². The Labute approximate surface area is 128 Å². The largest absolute Gasteiger partial charge is 0.300 e. The van der Waals surface area contributed by atoms with Gasteiger partial charge in [0.1, 0.15) is 6.54 Å². The Kier molecular flexibility index (Phi) is 3.60. The molecule has 0 bridgehead atoms. The van der Waals surface area contributed by atoms with E-state index in [0.29, 0.717) is 10.2 Å². The standard InChI is InChI=1S/C13H10ClN3O3S/c14-7-1-2-8-9(5-7)21-13(15-8)16-10(18)6-17-11(19)3-4-12(17)20/h1-2,5H,3-4,6H2,(H,15,16,18). The number of nitrogens with one attached hydrogen (secondary N) is 1. The predicted octanol–water partition coefficient (Wildman–Crippen LogP) is 2.04. The highest BCUT2D eigenvalue weighted by Crippen LogP contribution is 2.28. The third-order valence-electron chi connectivity index (χ3n) is 3.05. The van der Waals surface area contributed by atoms with Gasteiger partial charge in [0.2, 0.25) is 17.7 Å². The van der Waals surface area contributed by atoms with Gasteiger partial charge in [-0.25, -0.2) is 4.98 Å². The van der Waals surface area contributed by atoms with Gasteiger partial charge in [-0.2, -0.15) is 0 Å². The molecule has 1 aliphatic heterocycles. The number of carbonyl (C=O) groups is 3. The number of hydrogen-bond donors (Lipinski definition) is 1. The highest BCUT2D eigenvalue weighted by molar-refractivity contribution is 7.22. The third kappa shape index (κ3) is 2.88. The zero-order valence-corrected chi connectivity index (χ0v) is 12.3. The minimum absolute atomic E-state index is 0.172. The molecule has 1 aliphatic rings. The van der Waals surface area contributed by atoms with Crippen LogP contribution in [0.2, 0.25) is 5.02 Å². The molecule has 6 nitrogen and oxygen atoms in total. The number of thiazole rings is 1. The number of fused-ring (bicyclic) bond motifs is 1. The summed E-state index contributed by atoms with van der Waals surface area (Å²) in [6.45, 7) is -0.269. The van der Waals surface area contributed by atoms with Gasteiger partial charge < -0.3 is 5.32 Å². The topological polar surface area (TPSA) is 79.4 Å². The van der Waals surface area contributed by atoms with Crippen molar-refractivity contribution in [1.29, 1.82) is 0 Å². The number of aromatic nitrogens is 1. The molecular weight excluding hydrogens is 314 g/mol. The van der Waals surface area contributed by atoms with E-state index < -0.39 is 5.91 Å². The van der Waals surface area contributed by atoms with Crippen molar-refractivity contribution in [3.8, 4) is 0 Å². The lowest BCUT2D eigenvalue weighted by molar-refractivity contribution is -0.141. The maximum absolute atomic E-state index is 11.9. The first-order valence-corrected chi connectivity index (χ1v) is 7.41. The van der Waals surface area contributed by atoms with E-state index in [1.807, 2.05) is 0 Å². The Balaban J connectivity index is 1.71. The molecule has 21 heavy (non-hydrogen) atoms. The number of rotatable bonds is 3. The van der Waals surface area contributed by atoms with Crippen LogP contribution in [0, 0.1) is 0 Å². The monoisotopic (exact) mass is 323 g/mol. The number of anilines is 1. The summed E-state index contributed by atoms with van der Waals surface area (Å²) >= 11 is 7.17. The molecule has 0 aliphatic carbocycles. The van der Waals surface area contributed by atoms with Crippen molar-refractivity contribution in [2.45, 2.75) is 12.8 Å². The summed E-state index contributed by atoms with van der Waals surface area (Å²) in [7, 11) is 0. The first kappa shape index (κ1) is 14.0. The van der Waals surface area contributed by atoms with E-state index in [1.54, 1.807) is 18.2 Å². The van der Waals surface area contributed by atoms with Gasteiger partial charge in [0.25, 0.3) is 0 Å². The number of halogens is 1. The van der Waals surface area contributed by atoms with E-state index in [2.05, 4.69) is 10.3 Å². The summed E-state index contributed by atoms with van der Waals surface area (Å²) < 4.78 is 0.853. The Morgan fingerprint density at radius 2 is 2.05 bits per heavy atom. The average molecular weight is 324 g/mol. The molecular formula is C13H10ClN3O3S. The molecule has 1 fully saturated rings. The molecule has 8 heteroatoms. The zero-order chi connectivity index (χ0) is 15.0. The molecule has 3 amide bonds. The lowest BCUT2D eigenvalue weighted by Gasteiger charge is -2.12. The molecule has 0 spiro atoms. The molecule has 1 aromatic carbocycles. The van der Waals surface area contributed by atoms with Gasteiger partial charge in [0, 0.05) is 17.9 Å². The third-order valence-corrected chi connectivity index (χ3v) is 4.22. The predicted molar refractivity (Wildman–Crippen MR) is 79.2 cm³/mol. The highest BCUT2D eigenvalue weighted by Gasteiger charge is 2.30. The Bertz CT molecular complexity index is 742. The SMILES string of the molecule is O=C(CN1C(=O)CCC1=O)Nc1nc2ccc(Cl)cc2s1. The van der Waals surface area contributed by atoms with Gasteiger partial charge in [-0.3, -0.25) is 19.3 Å². The summed E-state index contributed by atoms with van der Waals surface area (Å²) in [6.07, 6.45) is 0.345. The number of benzene rings is 1. The van der Waals surface area contributed by atoms with Crippen molar-refractivity contribution >= 4 is 56.0 Å². The molecule has 0 radical (unpaired) electrons. The van der Waals surface area contributed by atoms with Crippen LogP contribution >= 0.6 is 22.9 Å². The summed E-state index contributed by atoms with van der Waals surface area (Å²) in [4.78, 5) is 40.0. The van der Waals surface area contributed by atoms with Crippen molar-refractivity contribution < 1.29 is 14.4 Å². The van der Waals surface area contributed by atoms with E-state index >= 15 is 0 Å². The maximum Gasteiger partial charge on any atom is 0.246 e. The minimum Gasteiger partial charge on any atom is -0.300 e. The quantitative estimate of drug-likeness (QED) is 0.877. The fourth-order valence-corrected chi connectivity index (χ4v) is 3.21. The Hall–Kier alpha value is -1.99. The van der Waals surface area contributed by atoms with Crippen molar-refractivity contribution in [3.63, 3.8) is 0 Å². The van der Waals surface area contributed by atoms with Crippen LogP contribution in [0.4, 0.5) is 5.13 Å². The number of imide groups is 1. The molecule has 108 valence electrons. The first-order chi connectivity index (χ1) is 10.0. The van der Waals surface area contributed by atoms with Gasteiger partial charge in [-0.15, -0.1) is 0 Å². The van der Waals surface area contributed by atoms with Crippen LogP contribution in [-0.4, -0.2) is 34.2 Å². The van der Waals surface area contributed by atoms with E-state index in [4.69, 9.17) is 11.6 Å². The van der Waals surface area contributed by atoms with Crippen molar-refractivity contribution in [2.24, 2.45) is 0 Å². The van der Waals surface area contributed by atoms with Crippen LogP contribution in [-0.2, 0) is 14.4 Å². The van der Waals surface area contributed by atoms with E-state index in [0.717, 1.165) is 15.1 Å². The molecule has 0 atom stereocenters. The number of carbonyl (C=O) groups excluding carboxylic acids is 3. The van der Waals surface area contributed by atoms with Crippen molar-refractivity contribution in [2.75, 3.05) is 11.9 Å². The van der Waals surface area contributed by atoms with Crippen LogP contribution in [0.5, 0.6) is 0 Å². The van der Waals surface area contributed by atoms with Crippen LogP contribution in [0.1, 0.15) is 12.8 Å². The molecule has 1 saturated heterocycles. The summed E-state index contributed by atoms with van der Waals surface area (Å²) in [5.74, 6) is -1.07. The van der Waals surface area contributed by atoms with Gasteiger partial charge in [0.05, 0.1) is 10.2 Å². The average Bonchev–Trinajstić information content (AvgIpc) is 2.95. The fraction of sp³-hybridized carbons (Fsp3) is 0.231. The second-order valence-electron chi connectivity index (χ2n) is 4.55. The second kappa shape index (κ2) is 5.42. The lowest BCUT2D eigenvalue weighted by atomic mass is 10.3. The number of amides is 3. The van der Waals surface area contributed by atoms with Crippen LogP contribution in [0.15, 0.2) is 18.2 Å². The van der Waals surface area contributed by atoms with Crippen molar-refractivity contribution in [3.05, 3.63) is 23.2 Å². The van der Waals surface area contributed by atoms with Crippen molar-refractivity contribution in [1.82, 2.24) is 9.88 Å². The normalized spacial score (nSPS) is 15.0. The number of likely N-dealkylation sites (tertiary alicyclic amines) is 1. The van der Waals surface area contributed by atoms with E-state index in [1.165, 1.54) is 11.3 Å². The Morgan fingerprint density at radius 1 is 1.33 bits per heavy atom. The maximum atomic E-state index is 11.9. The van der Waals surface area contributed by atoms with Gasteiger partial charge >= 0.3 is 0 Å². The molecule has 1 N–H and O–H groups in total. The number of nitrogens with zero attached hydrogens (tertiary/aromatic N) is 2. The summed E-state index contributed by atoms with van der Waals surface area (Å²) in [5, 5.41) is 3.61. The molecule has 2 heterocycles. The smallest absolute Gasteiger partial charge is 0.246 e. The summed E-state index contributed by atoms with van der Waals surface area (Å²) in [6, 6.07) is 5.24. The highest BCUT2D eigenvalue weighted by atomic mass is 35.5. The molecule has 2 aromatic rings. The van der Waals surface area contributed by atoms with Crippen LogP contribution in [0.3, 0.4) is 0 Å². The molecule has 0 unspecified atom stereocenters. The zero-order valence-electron chi connectivity index (χ0n) is 10.8. The Morgan fingerprint density at radius 3 is 2.76 bits per heavy atom. The fourth-order valence-electron chi connectivity index (χ4n) is 2.05. The van der Waals surface area contributed by atoms with Gasteiger partial charge in [0.15, 0.2) is 5.13 Å². The molecule has 0 saturated carbocycles. The van der Waals surface area contributed by atoms with E-state index in [9.17, 15) is 14.4 Å². The summed E-state index contributed by atoms with van der Waals surface area (Å²) in [5.41, 5.74) is 0.730. The minimum atomic E-state index is -0.441.